The highest BCUT2D eigenvalue weighted by molar-refractivity contribution is 7.89. The number of benzene rings is 1. The predicted molar refractivity (Wildman–Crippen MR) is 118 cm³/mol. The molecule has 0 saturated heterocycles. The molecule has 0 aliphatic carbocycles. The number of esters is 1. The van der Waals surface area contributed by atoms with E-state index in [1.54, 1.807) is 12.1 Å². The number of thiophene rings is 1. The fraction of sp³-hybridized carbons (Fsp3) is 0.190. The number of aryl methyl sites for hydroxylation is 2. The lowest BCUT2D eigenvalue weighted by Crippen LogP contribution is -2.23. The molecular weight excluding hydrogens is 454 g/mol. The zero-order valence-electron chi connectivity index (χ0n) is 17.2. The van der Waals surface area contributed by atoms with E-state index in [0.29, 0.717) is 16.0 Å². The summed E-state index contributed by atoms with van der Waals surface area (Å²) < 4.78 is 37.5. The molecule has 2 N–H and O–H groups in total. The average Bonchev–Trinajstić information content (AvgIpc) is 3.39. The Bertz CT molecular complexity index is 1440. The number of nitrogens with one attached hydrogen (secondary N) is 2. The highest BCUT2D eigenvalue weighted by Crippen LogP contribution is 2.25. The van der Waals surface area contributed by atoms with Crippen molar-refractivity contribution in [2.24, 2.45) is 0 Å². The topological polar surface area (TPSA) is 131 Å². The molecule has 0 atom stereocenters. The second-order valence-electron chi connectivity index (χ2n) is 6.98. The summed E-state index contributed by atoms with van der Waals surface area (Å²) >= 11 is 1.40. The highest BCUT2D eigenvalue weighted by atomic mass is 32.2. The Balaban J connectivity index is 1.42. The van der Waals surface area contributed by atoms with Crippen LogP contribution in [0.4, 0.5) is 0 Å². The Morgan fingerprint density at radius 3 is 2.66 bits per heavy atom. The number of ether oxygens (including phenoxy) is 1. The van der Waals surface area contributed by atoms with E-state index in [1.807, 2.05) is 13.8 Å². The van der Waals surface area contributed by atoms with Gasteiger partial charge >= 0.3 is 5.97 Å². The fourth-order valence-corrected chi connectivity index (χ4v) is 5.06. The third-order valence-corrected chi connectivity index (χ3v) is 7.36. The van der Waals surface area contributed by atoms with Crippen molar-refractivity contribution in [2.45, 2.75) is 31.9 Å². The number of H-pyrrole nitrogens is 1. The molecule has 4 rings (SSSR count). The largest absolute Gasteiger partial charge is 0.468 e. The number of sulfonamides is 1. The number of hydrogen-bond acceptors (Lipinski definition) is 8. The number of carbonyl (C=O) groups excluding carboxylic acids is 1. The number of fused-ring (bicyclic) bond motifs is 1. The molecule has 0 aliphatic heterocycles. The Kier molecular flexibility index (Phi) is 5.96. The smallest absolute Gasteiger partial charge is 0.338 e. The van der Waals surface area contributed by atoms with Crippen LogP contribution in [-0.4, -0.2) is 24.4 Å². The SMILES string of the molecule is Cc1sc2nc(COC(=O)c3ccc(S(=O)(=O)NCc4ccco4)cc3)[nH]c(=O)c2c1C. The Hall–Kier alpha value is -3.28. The minimum absolute atomic E-state index is 0.000453. The van der Waals surface area contributed by atoms with E-state index >= 15 is 0 Å². The second kappa shape index (κ2) is 8.69. The number of furan rings is 1. The van der Waals surface area contributed by atoms with Crippen molar-refractivity contribution in [1.82, 2.24) is 14.7 Å². The number of carbonyl (C=O) groups is 1. The van der Waals surface area contributed by atoms with E-state index in [0.717, 1.165) is 10.4 Å². The third kappa shape index (κ3) is 4.49. The number of hydrogen-bond donors (Lipinski definition) is 2. The van der Waals surface area contributed by atoms with E-state index in [2.05, 4.69) is 14.7 Å². The zero-order valence-corrected chi connectivity index (χ0v) is 18.8. The quantitative estimate of drug-likeness (QED) is 0.394. The normalized spacial score (nSPS) is 11.7. The van der Waals surface area contributed by atoms with E-state index in [9.17, 15) is 18.0 Å². The van der Waals surface area contributed by atoms with Crippen molar-refractivity contribution in [3.05, 3.63) is 80.6 Å². The third-order valence-electron chi connectivity index (χ3n) is 4.84. The lowest BCUT2D eigenvalue weighted by Gasteiger charge is -2.07. The maximum atomic E-state index is 12.4. The van der Waals surface area contributed by atoms with Crippen molar-refractivity contribution < 1.29 is 22.4 Å². The summed E-state index contributed by atoms with van der Waals surface area (Å²) in [4.78, 5) is 33.2. The molecule has 1 aromatic carbocycles. The molecule has 0 radical (unpaired) electrons. The molecular formula is C21H19N3O6S2. The minimum Gasteiger partial charge on any atom is -0.468 e. The van der Waals surface area contributed by atoms with E-state index in [4.69, 9.17) is 9.15 Å². The van der Waals surface area contributed by atoms with Crippen LogP contribution in [-0.2, 0) is 27.9 Å². The van der Waals surface area contributed by atoms with Crippen LogP contribution in [0, 0.1) is 13.8 Å². The Morgan fingerprint density at radius 1 is 1.22 bits per heavy atom. The summed E-state index contributed by atoms with van der Waals surface area (Å²) in [6, 6.07) is 8.65. The molecule has 0 bridgehead atoms. The van der Waals surface area contributed by atoms with Crippen LogP contribution in [0.1, 0.15) is 32.4 Å². The Labute approximate surface area is 187 Å². The van der Waals surface area contributed by atoms with Crippen molar-refractivity contribution in [3.63, 3.8) is 0 Å². The van der Waals surface area contributed by atoms with Crippen LogP contribution < -0.4 is 10.3 Å². The molecule has 3 aromatic heterocycles. The number of rotatable bonds is 7. The van der Waals surface area contributed by atoms with Crippen LogP contribution >= 0.6 is 11.3 Å². The highest BCUT2D eigenvalue weighted by Gasteiger charge is 2.17. The van der Waals surface area contributed by atoms with Crippen LogP contribution in [0.25, 0.3) is 10.2 Å². The van der Waals surface area contributed by atoms with Crippen molar-refractivity contribution in [2.75, 3.05) is 0 Å². The van der Waals surface area contributed by atoms with Gasteiger partial charge in [0, 0.05) is 4.88 Å². The van der Waals surface area contributed by atoms with Gasteiger partial charge in [-0.05, 0) is 55.8 Å². The minimum atomic E-state index is -3.77. The summed E-state index contributed by atoms with van der Waals surface area (Å²) in [5.74, 6) is 0.0451. The van der Waals surface area contributed by atoms with Gasteiger partial charge in [0.15, 0.2) is 0 Å². The lowest BCUT2D eigenvalue weighted by atomic mass is 10.2. The van der Waals surface area contributed by atoms with E-state index in [1.165, 1.54) is 41.9 Å². The number of aromatic amines is 1. The molecule has 0 unspecified atom stereocenters. The van der Waals surface area contributed by atoms with Gasteiger partial charge in [-0.1, -0.05) is 0 Å². The first-order valence-corrected chi connectivity index (χ1v) is 11.8. The molecule has 0 fully saturated rings. The van der Waals surface area contributed by atoms with Gasteiger partial charge in [0.25, 0.3) is 5.56 Å². The predicted octanol–water partition coefficient (Wildman–Crippen LogP) is 3.03. The molecule has 0 spiro atoms. The number of aromatic nitrogens is 2. The van der Waals surface area contributed by atoms with Gasteiger partial charge in [-0.2, -0.15) is 0 Å². The van der Waals surface area contributed by atoms with Crippen molar-refractivity contribution in [3.8, 4) is 0 Å². The van der Waals surface area contributed by atoms with Gasteiger partial charge in [0.1, 0.15) is 23.0 Å². The van der Waals surface area contributed by atoms with Gasteiger partial charge in [-0.15, -0.1) is 11.3 Å². The van der Waals surface area contributed by atoms with Crippen LogP contribution in [0.5, 0.6) is 0 Å². The van der Waals surface area contributed by atoms with Gasteiger partial charge < -0.3 is 14.1 Å². The molecule has 11 heteroatoms. The first-order valence-electron chi connectivity index (χ1n) is 9.53. The Morgan fingerprint density at radius 2 is 1.97 bits per heavy atom. The standard InChI is InChI=1S/C21H19N3O6S2/c1-12-13(2)31-20-18(12)19(25)23-17(24-20)11-30-21(26)14-5-7-16(8-6-14)32(27,28)22-10-15-4-3-9-29-15/h3-9,22H,10-11H2,1-2H3,(H,23,24,25). The monoisotopic (exact) mass is 473 g/mol. The van der Waals surface area contributed by atoms with Gasteiger partial charge in [0.2, 0.25) is 10.0 Å². The zero-order chi connectivity index (χ0) is 22.9. The molecule has 4 aromatic rings. The second-order valence-corrected chi connectivity index (χ2v) is 9.95. The molecule has 166 valence electrons. The summed E-state index contributed by atoms with van der Waals surface area (Å²) in [6.45, 7) is 3.57. The lowest BCUT2D eigenvalue weighted by molar-refractivity contribution is 0.0462. The first kappa shape index (κ1) is 21.9. The first-order chi connectivity index (χ1) is 15.2. The summed E-state index contributed by atoms with van der Waals surface area (Å²) in [5, 5.41) is 0.542. The average molecular weight is 474 g/mol. The molecule has 0 aliphatic rings. The van der Waals surface area contributed by atoms with Gasteiger partial charge in [-0.25, -0.2) is 22.9 Å². The summed E-state index contributed by atoms with van der Waals surface area (Å²) in [6.07, 6.45) is 1.45. The van der Waals surface area contributed by atoms with Gasteiger partial charge in [0.05, 0.1) is 28.7 Å². The van der Waals surface area contributed by atoms with E-state index in [-0.39, 0.29) is 35.0 Å². The summed E-state index contributed by atoms with van der Waals surface area (Å²) in [5.41, 5.74) is 0.775. The maximum absolute atomic E-state index is 12.4. The summed E-state index contributed by atoms with van der Waals surface area (Å²) in [7, 11) is -3.77. The molecule has 0 saturated carbocycles. The molecule has 3 heterocycles. The number of nitrogens with zero attached hydrogens (tertiary/aromatic N) is 1. The van der Waals surface area contributed by atoms with Crippen LogP contribution in [0.2, 0.25) is 0 Å². The van der Waals surface area contributed by atoms with Crippen molar-refractivity contribution >= 4 is 37.5 Å². The van der Waals surface area contributed by atoms with E-state index < -0.39 is 16.0 Å². The van der Waals surface area contributed by atoms with Crippen molar-refractivity contribution in [1.29, 1.82) is 0 Å². The van der Waals surface area contributed by atoms with Crippen LogP contribution in [0.15, 0.2) is 56.8 Å². The molecule has 9 nitrogen and oxygen atoms in total. The maximum Gasteiger partial charge on any atom is 0.338 e. The van der Waals surface area contributed by atoms with Crippen LogP contribution in [0.3, 0.4) is 0 Å². The molecule has 32 heavy (non-hydrogen) atoms. The fourth-order valence-electron chi connectivity index (χ4n) is 3.02. The van der Waals surface area contributed by atoms with Gasteiger partial charge in [-0.3, -0.25) is 4.79 Å². The molecule has 0 amide bonds.